The summed E-state index contributed by atoms with van der Waals surface area (Å²) in [7, 11) is -4.01. The predicted octanol–water partition coefficient (Wildman–Crippen LogP) is 0.0356. The van der Waals surface area contributed by atoms with Gasteiger partial charge >= 0.3 is 0 Å². The summed E-state index contributed by atoms with van der Waals surface area (Å²) in [6.07, 6.45) is -2.76. The van der Waals surface area contributed by atoms with Crippen molar-refractivity contribution < 1.29 is 22.3 Å². The number of aliphatic hydroxyl groups is 1. The van der Waals surface area contributed by atoms with Gasteiger partial charge in [0.15, 0.2) is 0 Å². The Morgan fingerprint density at radius 3 is 2.56 bits per heavy atom. The molecule has 1 aromatic rings. The quantitative estimate of drug-likeness (QED) is 0.772. The average Bonchev–Trinajstić information content (AvgIpc) is 2.52. The Hall–Kier alpha value is -1.06. The maximum absolute atomic E-state index is 12.0. The Bertz CT molecular complexity index is 513. The molecule has 0 aliphatic carbocycles. The first kappa shape index (κ1) is 15.0. The smallest absolute Gasteiger partial charge is 0.251 e. The second-order valence-corrected chi connectivity index (χ2v) is 5.39. The van der Waals surface area contributed by atoms with Gasteiger partial charge in [0.25, 0.3) is 6.43 Å². The molecule has 0 aromatic carbocycles. The van der Waals surface area contributed by atoms with Crippen LogP contribution in [-0.2, 0) is 16.6 Å². The van der Waals surface area contributed by atoms with Crippen LogP contribution in [0.25, 0.3) is 0 Å². The number of halogens is 2. The van der Waals surface area contributed by atoms with Gasteiger partial charge in [0.1, 0.15) is 4.90 Å². The molecule has 0 aliphatic rings. The molecule has 0 amide bonds. The predicted molar refractivity (Wildman–Crippen MR) is 60.0 cm³/mol. The maximum atomic E-state index is 12.0. The minimum Gasteiger partial charge on any atom is -0.394 e. The Morgan fingerprint density at radius 2 is 2.06 bits per heavy atom. The summed E-state index contributed by atoms with van der Waals surface area (Å²) in [5.74, 6) is 0. The van der Waals surface area contributed by atoms with Crippen molar-refractivity contribution in [1.29, 1.82) is 0 Å². The fourth-order valence-electron chi connectivity index (χ4n) is 1.63. The van der Waals surface area contributed by atoms with E-state index >= 15 is 0 Å². The SMILES string of the molecule is Cc1nn(CCO)c(C)c1S(=O)(=O)NCC(F)F. The number of alkyl halides is 2. The summed E-state index contributed by atoms with van der Waals surface area (Å²) in [6.45, 7) is 2.00. The standard InChI is InChI=1S/C9H15F2N3O3S/c1-6-9(7(2)14(13-6)3-4-15)18(16,17)12-5-8(10)11/h8,12,15H,3-5H2,1-2H3. The zero-order valence-corrected chi connectivity index (χ0v) is 10.8. The molecule has 0 atom stereocenters. The van der Waals surface area contributed by atoms with E-state index in [0.29, 0.717) is 5.69 Å². The molecule has 0 radical (unpaired) electrons. The zero-order valence-electron chi connectivity index (χ0n) is 10.0. The Labute approximate surface area is 104 Å². The highest BCUT2D eigenvalue weighted by Gasteiger charge is 2.25. The Kier molecular flexibility index (Phi) is 4.77. The number of hydrogen-bond donors (Lipinski definition) is 2. The molecule has 0 saturated carbocycles. The highest BCUT2D eigenvalue weighted by Crippen LogP contribution is 2.19. The summed E-state index contributed by atoms with van der Waals surface area (Å²) in [6, 6.07) is 0. The Balaban J connectivity index is 3.08. The van der Waals surface area contributed by atoms with E-state index in [4.69, 9.17) is 5.11 Å². The van der Waals surface area contributed by atoms with Gasteiger partial charge in [-0.25, -0.2) is 21.9 Å². The van der Waals surface area contributed by atoms with Crippen LogP contribution in [0.5, 0.6) is 0 Å². The van der Waals surface area contributed by atoms with Gasteiger partial charge in [0.2, 0.25) is 10.0 Å². The van der Waals surface area contributed by atoms with E-state index in [1.807, 2.05) is 4.72 Å². The number of aliphatic hydroxyl groups excluding tert-OH is 1. The van der Waals surface area contributed by atoms with Gasteiger partial charge < -0.3 is 5.11 Å². The largest absolute Gasteiger partial charge is 0.394 e. The van der Waals surface area contributed by atoms with Crippen LogP contribution in [0.4, 0.5) is 8.78 Å². The molecule has 0 aliphatic heterocycles. The van der Waals surface area contributed by atoms with E-state index < -0.39 is 23.0 Å². The van der Waals surface area contributed by atoms with E-state index in [2.05, 4.69) is 5.10 Å². The van der Waals surface area contributed by atoms with Gasteiger partial charge in [0, 0.05) is 0 Å². The lowest BCUT2D eigenvalue weighted by atomic mass is 10.4. The van der Waals surface area contributed by atoms with Crippen LogP contribution in [-0.4, -0.2) is 42.9 Å². The number of aryl methyl sites for hydroxylation is 1. The minimum absolute atomic E-state index is 0.114. The number of sulfonamides is 1. The van der Waals surface area contributed by atoms with Crippen molar-refractivity contribution in [3.8, 4) is 0 Å². The van der Waals surface area contributed by atoms with Crippen molar-refractivity contribution >= 4 is 10.0 Å². The molecule has 1 aromatic heterocycles. The lowest BCUT2D eigenvalue weighted by Gasteiger charge is -2.07. The minimum atomic E-state index is -4.01. The van der Waals surface area contributed by atoms with Gasteiger partial charge in [-0.05, 0) is 13.8 Å². The number of rotatable bonds is 6. The van der Waals surface area contributed by atoms with Gasteiger partial charge in [-0.2, -0.15) is 5.10 Å². The number of aromatic nitrogens is 2. The van der Waals surface area contributed by atoms with Crippen LogP contribution in [0.1, 0.15) is 11.4 Å². The molecule has 1 heterocycles. The van der Waals surface area contributed by atoms with Crippen molar-refractivity contribution in [3.63, 3.8) is 0 Å². The molecule has 2 N–H and O–H groups in total. The lowest BCUT2D eigenvalue weighted by molar-refractivity contribution is 0.153. The van der Waals surface area contributed by atoms with Gasteiger partial charge in [0.05, 0.1) is 31.1 Å². The fraction of sp³-hybridized carbons (Fsp3) is 0.667. The van der Waals surface area contributed by atoms with Crippen LogP contribution in [0.3, 0.4) is 0 Å². The summed E-state index contributed by atoms with van der Waals surface area (Å²) in [4.78, 5) is -0.114. The summed E-state index contributed by atoms with van der Waals surface area (Å²) >= 11 is 0. The molecule has 18 heavy (non-hydrogen) atoms. The first-order chi connectivity index (χ1) is 8.29. The molecule has 0 saturated heterocycles. The van der Waals surface area contributed by atoms with Crippen LogP contribution in [0.2, 0.25) is 0 Å². The van der Waals surface area contributed by atoms with E-state index in [1.165, 1.54) is 18.5 Å². The third kappa shape index (κ3) is 3.24. The summed E-state index contributed by atoms with van der Waals surface area (Å²) in [5, 5.41) is 12.7. The number of nitrogens with zero attached hydrogens (tertiary/aromatic N) is 2. The third-order valence-electron chi connectivity index (χ3n) is 2.32. The fourth-order valence-corrected chi connectivity index (χ4v) is 3.04. The van der Waals surface area contributed by atoms with Crippen molar-refractivity contribution in [2.75, 3.05) is 13.2 Å². The van der Waals surface area contributed by atoms with Crippen molar-refractivity contribution in [3.05, 3.63) is 11.4 Å². The van der Waals surface area contributed by atoms with Crippen molar-refractivity contribution in [2.24, 2.45) is 0 Å². The highest BCUT2D eigenvalue weighted by molar-refractivity contribution is 7.89. The lowest BCUT2D eigenvalue weighted by Crippen LogP contribution is -2.29. The molecule has 9 heteroatoms. The second-order valence-electron chi connectivity index (χ2n) is 3.69. The third-order valence-corrected chi connectivity index (χ3v) is 4.00. The zero-order chi connectivity index (χ0) is 13.9. The van der Waals surface area contributed by atoms with Crippen LogP contribution >= 0.6 is 0 Å². The second kappa shape index (κ2) is 5.72. The normalized spacial score (nSPS) is 12.3. The molecular formula is C9H15F2N3O3S. The van der Waals surface area contributed by atoms with Crippen molar-refractivity contribution in [1.82, 2.24) is 14.5 Å². The molecule has 0 bridgehead atoms. The molecule has 1 rings (SSSR count). The monoisotopic (exact) mass is 283 g/mol. The van der Waals surface area contributed by atoms with E-state index in [-0.39, 0.29) is 23.7 Å². The van der Waals surface area contributed by atoms with Gasteiger partial charge in [-0.3, -0.25) is 4.68 Å². The highest BCUT2D eigenvalue weighted by atomic mass is 32.2. The van der Waals surface area contributed by atoms with Gasteiger partial charge in [-0.1, -0.05) is 0 Å². The first-order valence-electron chi connectivity index (χ1n) is 5.22. The van der Waals surface area contributed by atoms with E-state index in [1.54, 1.807) is 0 Å². The summed E-state index contributed by atoms with van der Waals surface area (Å²) < 4.78 is 50.9. The molecule has 104 valence electrons. The maximum Gasteiger partial charge on any atom is 0.251 e. The summed E-state index contributed by atoms with van der Waals surface area (Å²) in [5.41, 5.74) is 0.519. The number of hydrogen-bond acceptors (Lipinski definition) is 4. The molecule has 0 spiro atoms. The Morgan fingerprint density at radius 1 is 1.44 bits per heavy atom. The van der Waals surface area contributed by atoms with E-state index in [0.717, 1.165) is 0 Å². The van der Waals surface area contributed by atoms with Crippen LogP contribution in [0.15, 0.2) is 4.90 Å². The molecule has 0 unspecified atom stereocenters. The van der Waals surface area contributed by atoms with E-state index in [9.17, 15) is 17.2 Å². The average molecular weight is 283 g/mol. The molecule has 6 nitrogen and oxygen atoms in total. The molecule has 0 fully saturated rings. The molecular weight excluding hydrogens is 268 g/mol. The number of nitrogens with one attached hydrogen (secondary N) is 1. The van der Waals surface area contributed by atoms with Gasteiger partial charge in [-0.15, -0.1) is 0 Å². The first-order valence-corrected chi connectivity index (χ1v) is 6.70. The van der Waals surface area contributed by atoms with Crippen LogP contribution in [0, 0.1) is 13.8 Å². The van der Waals surface area contributed by atoms with Crippen molar-refractivity contribution in [2.45, 2.75) is 31.7 Å². The van der Waals surface area contributed by atoms with Crippen LogP contribution < -0.4 is 4.72 Å². The topological polar surface area (TPSA) is 84.2 Å².